The van der Waals surface area contributed by atoms with Crippen molar-refractivity contribution in [2.24, 2.45) is 5.41 Å². The number of carboxylic acid groups (broad SMARTS) is 2. The van der Waals surface area contributed by atoms with Gasteiger partial charge in [-0.25, -0.2) is 9.59 Å². The summed E-state index contributed by atoms with van der Waals surface area (Å²) < 4.78 is 9.70. The molecule has 0 aromatic heterocycles. The molecule has 0 aliphatic heterocycles. The van der Waals surface area contributed by atoms with Gasteiger partial charge in [0, 0.05) is 11.1 Å². The van der Waals surface area contributed by atoms with Gasteiger partial charge in [-0.15, -0.1) is 0 Å². The van der Waals surface area contributed by atoms with E-state index in [-0.39, 0.29) is 11.1 Å². The zero-order chi connectivity index (χ0) is 18.5. The molecule has 0 aliphatic rings. The van der Waals surface area contributed by atoms with E-state index in [0.29, 0.717) is 0 Å². The Kier molecular flexibility index (Phi) is 6.70. The van der Waals surface area contributed by atoms with Crippen LogP contribution in [0.2, 0.25) is 0 Å². The van der Waals surface area contributed by atoms with Crippen LogP contribution in [0.5, 0.6) is 0 Å². The average molecular weight is 328 g/mol. The third-order valence-corrected chi connectivity index (χ3v) is 3.25. The molecule has 8 heteroatoms. The number of ether oxygens (including phenoxy) is 2. The Labute approximate surface area is 133 Å². The van der Waals surface area contributed by atoms with Gasteiger partial charge in [0.2, 0.25) is 5.41 Å². The number of hydrogen-bond donors (Lipinski definition) is 2. The van der Waals surface area contributed by atoms with Crippen LogP contribution >= 0.6 is 0 Å². The number of carboxylic acids is 2. The van der Waals surface area contributed by atoms with Crippen LogP contribution < -0.4 is 0 Å². The predicted molar refractivity (Wildman–Crippen MR) is 78.4 cm³/mol. The Morgan fingerprint density at radius 1 is 0.826 bits per heavy atom. The van der Waals surface area contributed by atoms with E-state index in [9.17, 15) is 29.4 Å². The van der Waals surface area contributed by atoms with E-state index in [2.05, 4.69) is 13.2 Å². The minimum Gasteiger partial charge on any atom is -0.480 e. The zero-order valence-corrected chi connectivity index (χ0v) is 13.4. The number of carbonyl (C=O) groups excluding carboxylic acids is 2. The molecule has 0 aromatic carbocycles. The summed E-state index contributed by atoms with van der Waals surface area (Å²) in [6.45, 7) is 11.5. The van der Waals surface area contributed by atoms with Crippen molar-refractivity contribution < 1.29 is 38.9 Å². The van der Waals surface area contributed by atoms with Gasteiger partial charge in [0.05, 0.1) is 0 Å². The van der Waals surface area contributed by atoms with Gasteiger partial charge in [0.15, 0.2) is 0 Å². The van der Waals surface area contributed by atoms with Gasteiger partial charge in [-0.1, -0.05) is 13.2 Å². The molecule has 0 spiro atoms. The van der Waals surface area contributed by atoms with Gasteiger partial charge in [0.25, 0.3) is 0 Å². The molecule has 0 saturated heterocycles. The normalized spacial score (nSPS) is 13.4. The molecule has 2 unspecified atom stereocenters. The Bertz CT molecular complexity index is 510. The average Bonchev–Trinajstić information content (AvgIpc) is 2.37. The molecule has 2 atom stereocenters. The molecular formula is C15H20O8. The van der Waals surface area contributed by atoms with Gasteiger partial charge in [-0.05, 0) is 27.7 Å². The third kappa shape index (κ3) is 4.18. The van der Waals surface area contributed by atoms with Crippen molar-refractivity contribution in [2.75, 3.05) is 0 Å². The molecule has 0 bridgehead atoms. The fourth-order valence-corrected chi connectivity index (χ4v) is 1.83. The molecule has 0 aliphatic carbocycles. The van der Waals surface area contributed by atoms with Crippen LogP contribution in [0, 0.1) is 5.41 Å². The van der Waals surface area contributed by atoms with Crippen LogP contribution in [0.1, 0.15) is 27.7 Å². The predicted octanol–water partition coefficient (Wildman–Crippen LogP) is 1.16. The summed E-state index contributed by atoms with van der Waals surface area (Å²) in [4.78, 5) is 46.4. The lowest BCUT2D eigenvalue weighted by molar-refractivity contribution is -0.193. The molecule has 0 aromatic rings. The molecule has 0 saturated carbocycles. The lowest BCUT2D eigenvalue weighted by Gasteiger charge is -2.35. The van der Waals surface area contributed by atoms with E-state index < -0.39 is 41.5 Å². The second kappa shape index (κ2) is 7.57. The second-order valence-corrected chi connectivity index (χ2v) is 5.14. The summed E-state index contributed by atoms with van der Waals surface area (Å²) in [5.41, 5.74) is -2.75. The van der Waals surface area contributed by atoms with Crippen molar-refractivity contribution in [1.82, 2.24) is 0 Å². The number of aliphatic carboxylic acids is 2. The maximum Gasteiger partial charge on any atom is 0.333 e. The quantitative estimate of drug-likeness (QED) is 0.386. The maximum absolute atomic E-state index is 11.6. The first-order valence-corrected chi connectivity index (χ1v) is 6.58. The Hall–Kier alpha value is -2.64. The van der Waals surface area contributed by atoms with Crippen molar-refractivity contribution in [2.45, 2.75) is 39.9 Å². The number of hydrogen-bond acceptors (Lipinski definition) is 6. The van der Waals surface area contributed by atoms with Gasteiger partial charge >= 0.3 is 23.9 Å². The first-order chi connectivity index (χ1) is 10.4. The first-order valence-electron chi connectivity index (χ1n) is 6.58. The number of rotatable bonds is 8. The van der Waals surface area contributed by atoms with Crippen LogP contribution in [-0.4, -0.2) is 46.3 Å². The Balaban J connectivity index is 5.82. The molecule has 0 fully saturated rings. The summed E-state index contributed by atoms with van der Waals surface area (Å²) in [7, 11) is 0. The van der Waals surface area contributed by atoms with Crippen LogP contribution in [-0.2, 0) is 28.7 Å². The Morgan fingerprint density at radius 3 is 1.26 bits per heavy atom. The van der Waals surface area contributed by atoms with Gasteiger partial charge in [-0.2, -0.15) is 0 Å². The van der Waals surface area contributed by atoms with Crippen LogP contribution in [0.4, 0.5) is 0 Å². The highest BCUT2D eigenvalue weighted by Crippen LogP contribution is 2.33. The molecule has 23 heavy (non-hydrogen) atoms. The minimum atomic E-state index is -2.68. The summed E-state index contributed by atoms with van der Waals surface area (Å²) in [5.74, 6) is -5.53. The number of esters is 2. The lowest BCUT2D eigenvalue weighted by atomic mass is 9.77. The first kappa shape index (κ1) is 20.4. The summed E-state index contributed by atoms with van der Waals surface area (Å²) in [5, 5.41) is 18.9. The van der Waals surface area contributed by atoms with Crippen molar-refractivity contribution in [1.29, 1.82) is 0 Å². The topological polar surface area (TPSA) is 127 Å². The maximum atomic E-state index is 11.6. The SMILES string of the molecule is C=C(C)C(=O)OC(C)C(C(=O)O)(C(=O)O)C(C)OC(=O)C(=C)C. The van der Waals surface area contributed by atoms with Crippen LogP contribution in [0.15, 0.2) is 24.3 Å². The lowest BCUT2D eigenvalue weighted by Crippen LogP contribution is -2.57. The molecule has 0 heterocycles. The smallest absolute Gasteiger partial charge is 0.333 e. The molecule has 0 radical (unpaired) electrons. The molecule has 2 N–H and O–H groups in total. The molecule has 128 valence electrons. The zero-order valence-electron chi connectivity index (χ0n) is 13.4. The van der Waals surface area contributed by atoms with Crippen LogP contribution in [0.3, 0.4) is 0 Å². The fourth-order valence-electron chi connectivity index (χ4n) is 1.83. The minimum absolute atomic E-state index is 0.0342. The summed E-state index contributed by atoms with van der Waals surface area (Å²) in [6.07, 6.45) is -3.26. The van der Waals surface area contributed by atoms with E-state index in [1.807, 2.05) is 0 Å². The van der Waals surface area contributed by atoms with Crippen molar-refractivity contribution in [3.63, 3.8) is 0 Å². The van der Waals surface area contributed by atoms with E-state index in [1.54, 1.807) is 0 Å². The summed E-state index contributed by atoms with van der Waals surface area (Å²) in [6, 6.07) is 0. The van der Waals surface area contributed by atoms with Gasteiger partial charge in [0.1, 0.15) is 12.2 Å². The monoisotopic (exact) mass is 328 g/mol. The van der Waals surface area contributed by atoms with Crippen LogP contribution in [0.25, 0.3) is 0 Å². The highest BCUT2D eigenvalue weighted by Gasteiger charge is 2.59. The van der Waals surface area contributed by atoms with Gasteiger partial charge in [-0.3, -0.25) is 9.59 Å². The molecule has 0 rings (SSSR count). The largest absolute Gasteiger partial charge is 0.480 e. The van der Waals surface area contributed by atoms with Crippen molar-refractivity contribution in [3.05, 3.63) is 24.3 Å². The third-order valence-electron chi connectivity index (χ3n) is 3.25. The molecular weight excluding hydrogens is 308 g/mol. The van der Waals surface area contributed by atoms with E-state index >= 15 is 0 Å². The van der Waals surface area contributed by atoms with E-state index in [4.69, 9.17) is 9.47 Å². The Morgan fingerprint density at radius 2 is 1.09 bits per heavy atom. The van der Waals surface area contributed by atoms with Crippen molar-refractivity contribution >= 4 is 23.9 Å². The van der Waals surface area contributed by atoms with E-state index in [1.165, 1.54) is 13.8 Å². The standard InChI is InChI=1S/C15H20O8/c1-7(2)11(16)22-9(5)15(13(18)19,14(20)21)10(6)23-12(17)8(3)4/h9-10H,1,3H2,2,4-6H3,(H,18,19)(H,20,21). The van der Waals surface area contributed by atoms with Gasteiger partial charge < -0.3 is 19.7 Å². The fraction of sp³-hybridized carbons (Fsp3) is 0.467. The molecule has 0 amide bonds. The van der Waals surface area contributed by atoms with Crippen molar-refractivity contribution in [3.8, 4) is 0 Å². The highest BCUT2D eigenvalue weighted by atomic mass is 16.6. The highest BCUT2D eigenvalue weighted by molar-refractivity contribution is 6.01. The van der Waals surface area contributed by atoms with E-state index in [0.717, 1.165) is 13.8 Å². The summed E-state index contributed by atoms with van der Waals surface area (Å²) >= 11 is 0. The number of carbonyl (C=O) groups is 4. The molecule has 8 nitrogen and oxygen atoms in total. The second-order valence-electron chi connectivity index (χ2n) is 5.14.